The first kappa shape index (κ1) is 12.2. The Hall–Kier alpha value is -1.30. The number of imidazole rings is 1. The molecule has 1 amide bonds. The first-order valence-corrected chi connectivity index (χ1v) is 6.24. The van der Waals surface area contributed by atoms with Crippen molar-refractivity contribution in [3.63, 3.8) is 0 Å². The predicted octanol–water partition coefficient (Wildman–Crippen LogP) is 1.36. The van der Waals surface area contributed by atoms with Gasteiger partial charge in [-0.05, 0) is 23.6 Å². The van der Waals surface area contributed by atoms with Crippen LogP contribution in [-0.4, -0.2) is 27.5 Å². The van der Waals surface area contributed by atoms with Gasteiger partial charge in [0.2, 0.25) is 0 Å². The van der Waals surface area contributed by atoms with Gasteiger partial charge in [-0.15, -0.1) is 0 Å². The van der Waals surface area contributed by atoms with Crippen LogP contribution in [0.4, 0.5) is 0 Å². The minimum absolute atomic E-state index is 0.00833. The fraction of sp³-hybridized carbons (Fsp3) is 0.545. The van der Waals surface area contributed by atoms with Crippen molar-refractivity contribution in [2.75, 3.05) is 6.54 Å². The zero-order chi connectivity index (χ0) is 12.6. The summed E-state index contributed by atoms with van der Waals surface area (Å²) in [5, 5.41) is 3.29. The molecule has 5 nitrogen and oxygen atoms in total. The Balaban J connectivity index is 2.35. The van der Waals surface area contributed by atoms with Crippen LogP contribution in [0.15, 0.2) is 5.16 Å². The Labute approximate surface area is 104 Å². The standard InChI is InChI=1S/C11H15N3O2S/c1-6(15)17-10-13-7-4-11(2,3)5-12-9(16)8(7)14-10/h4-5H2,1-3H3,(H,12,16)(H,13,14). The van der Waals surface area contributed by atoms with Gasteiger partial charge in [-0.2, -0.15) is 0 Å². The largest absolute Gasteiger partial charge is 0.350 e. The maximum atomic E-state index is 11.8. The first-order chi connectivity index (χ1) is 7.87. The summed E-state index contributed by atoms with van der Waals surface area (Å²) in [6.45, 7) is 6.27. The summed E-state index contributed by atoms with van der Waals surface area (Å²) in [6, 6.07) is 0. The second-order valence-corrected chi connectivity index (χ2v) is 6.15. The molecule has 0 radical (unpaired) electrons. The summed E-state index contributed by atoms with van der Waals surface area (Å²) in [5.41, 5.74) is 1.22. The summed E-state index contributed by atoms with van der Waals surface area (Å²) in [4.78, 5) is 30.0. The highest BCUT2D eigenvalue weighted by Crippen LogP contribution is 2.27. The number of H-pyrrole nitrogens is 1. The van der Waals surface area contributed by atoms with E-state index >= 15 is 0 Å². The summed E-state index contributed by atoms with van der Waals surface area (Å²) in [5.74, 6) is -0.169. The van der Waals surface area contributed by atoms with Crippen LogP contribution >= 0.6 is 11.8 Å². The predicted molar refractivity (Wildman–Crippen MR) is 64.9 cm³/mol. The average molecular weight is 253 g/mol. The molecule has 0 aliphatic carbocycles. The van der Waals surface area contributed by atoms with Gasteiger partial charge >= 0.3 is 0 Å². The number of fused-ring (bicyclic) bond motifs is 1. The highest BCUT2D eigenvalue weighted by atomic mass is 32.2. The molecule has 0 saturated carbocycles. The van der Waals surface area contributed by atoms with Gasteiger partial charge in [-0.25, -0.2) is 4.98 Å². The Bertz CT molecular complexity index is 479. The molecule has 0 spiro atoms. The number of hydrogen-bond donors (Lipinski definition) is 2. The van der Waals surface area contributed by atoms with E-state index in [1.807, 2.05) is 0 Å². The molecule has 1 aliphatic heterocycles. The van der Waals surface area contributed by atoms with Gasteiger partial charge in [0.25, 0.3) is 5.91 Å². The molecule has 1 aliphatic rings. The molecule has 0 saturated heterocycles. The topological polar surface area (TPSA) is 74.8 Å². The summed E-state index contributed by atoms with van der Waals surface area (Å²) < 4.78 is 0. The SMILES string of the molecule is CC(=O)Sc1nc2c([nH]1)CC(C)(C)CNC2=O. The summed E-state index contributed by atoms with van der Waals surface area (Å²) in [6.07, 6.45) is 0.743. The fourth-order valence-electron chi connectivity index (χ4n) is 1.83. The van der Waals surface area contributed by atoms with Gasteiger partial charge in [-0.3, -0.25) is 9.59 Å². The van der Waals surface area contributed by atoms with Crippen molar-refractivity contribution >= 4 is 22.8 Å². The molecule has 6 heteroatoms. The Morgan fingerprint density at radius 1 is 1.47 bits per heavy atom. The normalized spacial score (nSPS) is 18.2. The summed E-state index contributed by atoms with van der Waals surface area (Å²) in [7, 11) is 0. The van der Waals surface area contributed by atoms with Crippen molar-refractivity contribution in [2.24, 2.45) is 5.41 Å². The molecule has 0 bridgehead atoms. The van der Waals surface area contributed by atoms with E-state index < -0.39 is 0 Å². The van der Waals surface area contributed by atoms with E-state index in [-0.39, 0.29) is 16.4 Å². The molecule has 1 aromatic rings. The molecular weight excluding hydrogens is 238 g/mol. The highest BCUT2D eigenvalue weighted by Gasteiger charge is 2.29. The van der Waals surface area contributed by atoms with Gasteiger partial charge in [0.1, 0.15) is 5.69 Å². The molecule has 1 aromatic heterocycles. The maximum Gasteiger partial charge on any atom is 0.271 e. The molecule has 2 heterocycles. The van der Waals surface area contributed by atoms with Crippen molar-refractivity contribution < 1.29 is 9.59 Å². The van der Waals surface area contributed by atoms with Gasteiger partial charge in [0.15, 0.2) is 10.3 Å². The van der Waals surface area contributed by atoms with Crippen LogP contribution in [-0.2, 0) is 11.2 Å². The summed E-state index contributed by atoms with van der Waals surface area (Å²) >= 11 is 1.02. The first-order valence-electron chi connectivity index (χ1n) is 5.43. The van der Waals surface area contributed by atoms with Crippen LogP contribution in [0.5, 0.6) is 0 Å². The van der Waals surface area contributed by atoms with Gasteiger partial charge < -0.3 is 10.3 Å². The minimum Gasteiger partial charge on any atom is -0.350 e. The number of amides is 1. The maximum absolute atomic E-state index is 11.8. The van der Waals surface area contributed by atoms with Crippen LogP contribution in [0.25, 0.3) is 0 Å². The van der Waals surface area contributed by atoms with E-state index in [2.05, 4.69) is 29.1 Å². The Morgan fingerprint density at radius 2 is 2.18 bits per heavy atom. The van der Waals surface area contributed by atoms with Crippen LogP contribution < -0.4 is 5.32 Å². The lowest BCUT2D eigenvalue weighted by Gasteiger charge is -2.21. The lowest BCUT2D eigenvalue weighted by molar-refractivity contribution is -0.109. The van der Waals surface area contributed by atoms with Crippen molar-refractivity contribution in [2.45, 2.75) is 32.3 Å². The van der Waals surface area contributed by atoms with Crippen molar-refractivity contribution in [3.8, 4) is 0 Å². The monoisotopic (exact) mass is 253 g/mol. The Kier molecular flexibility index (Phi) is 2.99. The number of hydrogen-bond acceptors (Lipinski definition) is 4. The zero-order valence-corrected chi connectivity index (χ0v) is 10.9. The number of nitrogens with zero attached hydrogens (tertiary/aromatic N) is 1. The minimum atomic E-state index is -0.169. The number of nitrogens with one attached hydrogen (secondary N) is 2. The van der Waals surface area contributed by atoms with E-state index in [4.69, 9.17) is 0 Å². The second kappa shape index (κ2) is 4.18. The van der Waals surface area contributed by atoms with E-state index in [1.54, 1.807) is 0 Å². The number of carbonyl (C=O) groups is 2. The van der Waals surface area contributed by atoms with Gasteiger partial charge in [0.05, 0.1) is 0 Å². The van der Waals surface area contributed by atoms with E-state index in [1.165, 1.54) is 6.92 Å². The van der Waals surface area contributed by atoms with Crippen LogP contribution in [0.3, 0.4) is 0 Å². The Morgan fingerprint density at radius 3 is 2.82 bits per heavy atom. The number of rotatable bonds is 1. The molecule has 17 heavy (non-hydrogen) atoms. The smallest absolute Gasteiger partial charge is 0.271 e. The third kappa shape index (κ3) is 2.69. The number of aromatic nitrogens is 2. The van der Waals surface area contributed by atoms with Crippen LogP contribution in [0, 0.1) is 5.41 Å². The van der Waals surface area contributed by atoms with E-state index in [0.717, 1.165) is 23.9 Å². The van der Waals surface area contributed by atoms with E-state index in [9.17, 15) is 9.59 Å². The number of aromatic amines is 1. The second-order valence-electron chi connectivity index (χ2n) is 4.99. The molecule has 0 atom stereocenters. The molecule has 0 fully saturated rings. The fourth-order valence-corrected chi connectivity index (χ4v) is 2.41. The highest BCUT2D eigenvalue weighted by molar-refractivity contribution is 8.13. The molecule has 0 aromatic carbocycles. The van der Waals surface area contributed by atoms with Gasteiger partial charge in [-0.1, -0.05) is 13.8 Å². The molecule has 92 valence electrons. The lowest BCUT2D eigenvalue weighted by atomic mass is 9.88. The average Bonchev–Trinajstić information content (AvgIpc) is 2.51. The van der Waals surface area contributed by atoms with Crippen molar-refractivity contribution in [3.05, 3.63) is 11.4 Å². The van der Waals surface area contributed by atoms with Crippen molar-refractivity contribution in [1.29, 1.82) is 0 Å². The van der Waals surface area contributed by atoms with Crippen LogP contribution in [0.2, 0.25) is 0 Å². The van der Waals surface area contributed by atoms with Crippen molar-refractivity contribution in [1.82, 2.24) is 15.3 Å². The zero-order valence-electron chi connectivity index (χ0n) is 10.1. The molecule has 2 rings (SSSR count). The molecule has 0 unspecified atom stereocenters. The molecule has 2 N–H and O–H groups in total. The molecular formula is C11H15N3O2S. The quantitative estimate of drug-likeness (QED) is 0.741. The lowest BCUT2D eigenvalue weighted by Crippen LogP contribution is -2.32. The third-order valence-corrected chi connectivity index (χ3v) is 3.27. The number of thioether (sulfide) groups is 1. The number of carbonyl (C=O) groups excluding carboxylic acids is 2. The van der Waals surface area contributed by atoms with Gasteiger partial charge in [0, 0.05) is 19.2 Å². The van der Waals surface area contributed by atoms with Crippen LogP contribution in [0.1, 0.15) is 37.0 Å². The third-order valence-electron chi connectivity index (χ3n) is 2.60. The van der Waals surface area contributed by atoms with E-state index in [0.29, 0.717) is 17.4 Å².